The van der Waals surface area contributed by atoms with Crippen molar-refractivity contribution in [3.8, 4) is 0 Å². The van der Waals surface area contributed by atoms with E-state index < -0.39 is 0 Å². The molecule has 1 aliphatic carbocycles. The zero-order valence-electron chi connectivity index (χ0n) is 9.39. The molecule has 0 amide bonds. The minimum Gasteiger partial charge on any atom is -0.461 e. The molecule has 2 aliphatic rings. The maximum absolute atomic E-state index is 11.8. The molecule has 0 aromatic carbocycles. The quantitative estimate of drug-likeness (QED) is 0.731. The van der Waals surface area contributed by atoms with E-state index in [4.69, 9.17) is 4.42 Å². The van der Waals surface area contributed by atoms with Gasteiger partial charge in [0.25, 0.3) is 0 Å². The standard InChI is InChI=1S/C13H17NO2/c15-12(13-5-2-6-16-13)9-14-7-10-3-1-4-11(10)8-14/h2,5-6,10-11H,1,3-4,7-9H2. The Bertz CT molecular complexity index is 359. The van der Waals surface area contributed by atoms with Gasteiger partial charge in [0.15, 0.2) is 5.76 Å². The number of hydrogen-bond acceptors (Lipinski definition) is 3. The van der Waals surface area contributed by atoms with Crippen molar-refractivity contribution in [2.24, 2.45) is 11.8 Å². The lowest BCUT2D eigenvalue weighted by atomic mass is 10.0. The van der Waals surface area contributed by atoms with Crippen LogP contribution < -0.4 is 0 Å². The number of likely N-dealkylation sites (tertiary alicyclic amines) is 1. The van der Waals surface area contributed by atoms with E-state index in [0.717, 1.165) is 24.9 Å². The second-order valence-corrected chi connectivity index (χ2v) is 5.05. The summed E-state index contributed by atoms with van der Waals surface area (Å²) in [5.74, 6) is 2.32. The molecule has 1 aromatic heterocycles. The van der Waals surface area contributed by atoms with Crippen molar-refractivity contribution in [3.05, 3.63) is 24.2 Å². The summed E-state index contributed by atoms with van der Waals surface area (Å²) < 4.78 is 5.12. The van der Waals surface area contributed by atoms with Crippen molar-refractivity contribution in [3.63, 3.8) is 0 Å². The fraction of sp³-hybridized carbons (Fsp3) is 0.615. The van der Waals surface area contributed by atoms with Gasteiger partial charge in [-0.2, -0.15) is 0 Å². The molecule has 2 atom stereocenters. The lowest BCUT2D eigenvalue weighted by Crippen LogP contribution is -2.28. The van der Waals surface area contributed by atoms with E-state index in [0.29, 0.717) is 12.3 Å². The topological polar surface area (TPSA) is 33.5 Å². The lowest BCUT2D eigenvalue weighted by molar-refractivity contribution is 0.0913. The summed E-state index contributed by atoms with van der Waals surface area (Å²) in [5.41, 5.74) is 0. The fourth-order valence-corrected chi connectivity index (χ4v) is 3.18. The number of hydrogen-bond donors (Lipinski definition) is 0. The van der Waals surface area contributed by atoms with Gasteiger partial charge in [-0.3, -0.25) is 9.69 Å². The third kappa shape index (κ3) is 1.80. The van der Waals surface area contributed by atoms with E-state index in [1.54, 1.807) is 18.4 Å². The van der Waals surface area contributed by atoms with Crippen LogP contribution in [0.5, 0.6) is 0 Å². The SMILES string of the molecule is O=C(CN1CC2CCCC2C1)c1ccco1. The van der Waals surface area contributed by atoms with Gasteiger partial charge in [-0.05, 0) is 36.8 Å². The largest absolute Gasteiger partial charge is 0.461 e. The first-order valence-corrected chi connectivity index (χ1v) is 6.12. The molecule has 3 rings (SSSR count). The molecule has 2 unspecified atom stereocenters. The van der Waals surface area contributed by atoms with Gasteiger partial charge in [0, 0.05) is 13.1 Å². The molecule has 0 spiro atoms. The van der Waals surface area contributed by atoms with Gasteiger partial charge in [0.1, 0.15) is 0 Å². The smallest absolute Gasteiger partial charge is 0.211 e. The predicted octanol–water partition coefficient (Wildman–Crippen LogP) is 2.19. The van der Waals surface area contributed by atoms with Crippen molar-refractivity contribution in [1.29, 1.82) is 0 Å². The third-order valence-electron chi connectivity index (χ3n) is 3.97. The first kappa shape index (κ1) is 10.1. The molecular weight excluding hydrogens is 202 g/mol. The molecule has 3 heteroatoms. The second kappa shape index (κ2) is 4.06. The number of rotatable bonds is 3. The highest BCUT2D eigenvalue weighted by atomic mass is 16.3. The van der Waals surface area contributed by atoms with Crippen LogP contribution in [-0.4, -0.2) is 30.3 Å². The molecule has 0 bridgehead atoms. The summed E-state index contributed by atoms with van der Waals surface area (Å²) in [6.07, 6.45) is 5.66. The minimum atomic E-state index is 0.116. The molecule has 1 aliphatic heterocycles. The van der Waals surface area contributed by atoms with E-state index in [1.165, 1.54) is 19.3 Å². The van der Waals surface area contributed by atoms with Crippen molar-refractivity contribution >= 4 is 5.78 Å². The Balaban J connectivity index is 1.58. The third-order valence-corrected chi connectivity index (χ3v) is 3.97. The second-order valence-electron chi connectivity index (χ2n) is 5.05. The van der Waals surface area contributed by atoms with Crippen molar-refractivity contribution in [2.75, 3.05) is 19.6 Å². The number of carbonyl (C=O) groups excluding carboxylic acids is 1. The Hall–Kier alpha value is -1.09. The van der Waals surface area contributed by atoms with Crippen LogP contribution >= 0.6 is 0 Å². The summed E-state index contributed by atoms with van der Waals surface area (Å²) in [6.45, 7) is 2.74. The number of carbonyl (C=O) groups is 1. The molecule has 16 heavy (non-hydrogen) atoms. The highest BCUT2D eigenvalue weighted by molar-refractivity contribution is 5.95. The maximum Gasteiger partial charge on any atom is 0.211 e. The van der Waals surface area contributed by atoms with Gasteiger partial charge in [0.05, 0.1) is 12.8 Å². The Morgan fingerprint density at radius 2 is 2.12 bits per heavy atom. The van der Waals surface area contributed by atoms with E-state index in [-0.39, 0.29) is 5.78 Å². The monoisotopic (exact) mass is 219 g/mol. The van der Waals surface area contributed by atoms with Gasteiger partial charge < -0.3 is 4.42 Å². The van der Waals surface area contributed by atoms with Gasteiger partial charge in [-0.15, -0.1) is 0 Å². The Morgan fingerprint density at radius 3 is 2.75 bits per heavy atom. The molecule has 2 heterocycles. The Morgan fingerprint density at radius 1 is 1.38 bits per heavy atom. The Kier molecular flexibility index (Phi) is 2.56. The minimum absolute atomic E-state index is 0.116. The molecule has 3 nitrogen and oxygen atoms in total. The van der Waals surface area contributed by atoms with Gasteiger partial charge in [-0.1, -0.05) is 6.42 Å². The first-order chi connectivity index (χ1) is 7.83. The molecule has 2 fully saturated rings. The van der Waals surface area contributed by atoms with Crippen LogP contribution in [-0.2, 0) is 0 Å². The summed E-state index contributed by atoms with van der Waals surface area (Å²) >= 11 is 0. The average molecular weight is 219 g/mol. The Labute approximate surface area is 95.4 Å². The number of furan rings is 1. The molecule has 0 radical (unpaired) electrons. The average Bonchev–Trinajstić information content (AvgIpc) is 2.91. The molecule has 0 N–H and O–H groups in total. The number of fused-ring (bicyclic) bond motifs is 1. The zero-order chi connectivity index (χ0) is 11.0. The van der Waals surface area contributed by atoms with Crippen LogP contribution in [0.25, 0.3) is 0 Å². The van der Waals surface area contributed by atoms with Gasteiger partial charge >= 0.3 is 0 Å². The highest BCUT2D eigenvalue weighted by Gasteiger charge is 2.36. The molecular formula is C13H17NO2. The number of Topliss-reactive ketones (excluding diaryl/α,β-unsaturated/α-hetero) is 1. The molecule has 1 aromatic rings. The number of nitrogens with zero attached hydrogens (tertiary/aromatic N) is 1. The lowest BCUT2D eigenvalue weighted by Gasteiger charge is -2.14. The maximum atomic E-state index is 11.8. The summed E-state index contributed by atoms with van der Waals surface area (Å²) in [6, 6.07) is 3.52. The van der Waals surface area contributed by atoms with Crippen molar-refractivity contribution < 1.29 is 9.21 Å². The number of ketones is 1. The summed E-state index contributed by atoms with van der Waals surface area (Å²) in [4.78, 5) is 14.1. The van der Waals surface area contributed by atoms with E-state index in [1.807, 2.05) is 0 Å². The van der Waals surface area contributed by atoms with Crippen molar-refractivity contribution in [2.45, 2.75) is 19.3 Å². The van der Waals surface area contributed by atoms with Crippen LogP contribution in [0.3, 0.4) is 0 Å². The fourth-order valence-electron chi connectivity index (χ4n) is 3.18. The van der Waals surface area contributed by atoms with Gasteiger partial charge in [-0.25, -0.2) is 0 Å². The highest BCUT2D eigenvalue weighted by Crippen LogP contribution is 2.37. The predicted molar refractivity (Wildman–Crippen MR) is 60.3 cm³/mol. The van der Waals surface area contributed by atoms with Crippen LogP contribution in [0.15, 0.2) is 22.8 Å². The normalized spacial score (nSPS) is 29.5. The molecule has 86 valence electrons. The van der Waals surface area contributed by atoms with Crippen molar-refractivity contribution in [1.82, 2.24) is 4.90 Å². The molecule has 1 saturated heterocycles. The first-order valence-electron chi connectivity index (χ1n) is 6.12. The van der Waals surface area contributed by atoms with E-state index in [9.17, 15) is 4.79 Å². The zero-order valence-corrected chi connectivity index (χ0v) is 9.39. The summed E-state index contributed by atoms with van der Waals surface area (Å²) in [5, 5.41) is 0. The van der Waals surface area contributed by atoms with Crippen LogP contribution in [0.1, 0.15) is 29.8 Å². The van der Waals surface area contributed by atoms with Crippen LogP contribution in [0.2, 0.25) is 0 Å². The van der Waals surface area contributed by atoms with E-state index in [2.05, 4.69) is 4.90 Å². The molecule has 1 saturated carbocycles. The van der Waals surface area contributed by atoms with Crippen LogP contribution in [0.4, 0.5) is 0 Å². The van der Waals surface area contributed by atoms with Crippen LogP contribution in [0, 0.1) is 11.8 Å². The summed E-state index contributed by atoms with van der Waals surface area (Å²) in [7, 11) is 0. The van der Waals surface area contributed by atoms with E-state index >= 15 is 0 Å². The van der Waals surface area contributed by atoms with Gasteiger partial charge in [0.2, 0.25) is 5.78 Å².